The number of likely N-dealkylation sites (N-methyl/N-ethyl adjacent to an activating group) is 1. The van der Waals surface area contributed by atoms with Gasteiger partial charge < -0.3 is 4.90 Å². The largest absolute Gasteiger partial charge is 0.308 e. The Balaban J connectivity index is 0.00000261. The number of benzene rings is 1. The zero-order valence-electron chi connectivity index (χ0n) is 15.9. The molecule has 7 heteroatoms. The van der Waals surface area contributed by atoms with Gasteiger partial charge in [0.15, 0.2) is 5.13 Å². The number of amides is 1. The first-order chi connectivity index (χ1) is 12.4. The summed E-state index contributed by atoms with van der Waals surface area (Å²) in [5.74, 6) is -0.0336. The molecule has 27 heavy (non-hydrogen) atoms. The Hall–Kier alpha value is -1.73. The maximum absolute atomic E-state index is 12.9. The van der Waals surface area contributed by atoms with Gasteiger partial charge in [-0.1, -0.05) is 23.5 Å². The average molecular weight is 422 g/mol. The molecule has 1 aromatic carbocycles. The Labute approximate surface area is 174 Å². The number of halogens is 1. The van der Waals surface area contributed by atoms with Crippen molar-refractivity contribution >= 4 is 62.4 Å². The first-order valence-electron chi connectivity index (χ1n) is 8.49. The first kappa shape index (κ1) is 21.6. The lowest BCUT2D eigenvalue weighted by Crippen LogP contribution is -2.35. The molecule has 0 aliphatic carbocycles. The van der Waals surface area contributed by atoms with Gasteiger partial charge in [0.1, 0.15) is 0 Å². The van der Waals surface area contributed by atoms with Crippen LogP contribution in [0.1, 0.15) is 16.0 Å². The summed E-state index contributed by atoms with van der Waals surface area (Å²) in [6, 6.07) is 8.26. The molecule has 0 unspecified atom stereocenters. The lowest BCUT2D eigenvalue weighted by molar-refractivity contribution is -0.114. The second-order valence-corrected chi connectivity index (χ2v) is 8.56. The van der Waals surface area contributed by atoms with Crippen LogP contribution in [0.4, 0.5) is 5.13 Å². The minimum atomic E-state index is -0.0336. The molecule has 0 N–H and O–H groups in total. The quantitative estimate of drug-likeness (QED) is 0.525. The molecule has 0 saturated heterocycles. The molecule has 3 aromatic rings. The third-order valence-electron chi connectivity index (χ3n) is 4.02. The Kier molecular flexibility index (Phi) is 7.56. The van der Waals surface area contributed by atoms with E-state index in [1.54, 1.807) is 33.6 Å². The highest BCUT2D eigenvalue weighted by Crippen LogP contribution is 2.32. The highest BCUT2D eigenvalue weighted by molar-refractivity contribution is 7.22. The van der Waals surface area contributed by atoms with Crippen molar-refractivity contribution in [2.24, 2.45) is 0 Å². The van der Waals surface area contributed by atoms with Gasteiger partial charge in [-0.25, -0.2) is 4.98 Å². The molecule has 0 radical (unpaired) electrons. The van der Waals surface area contributed by atoms with Gasteiger partial charge in [-0.3, -0.25) is 9.69 Å². The van der Waals surface area contributed by atoms with Gasteiger partial charge in [-0.15, -0.1) is 23.7 Å². The Bertz CT molecular complexity index is 932. The number of hydrogen-bond donors (Lipinski definition) is 0. The van der Waals surface area contributed by atoms with E-state index in [4.69, 9.17) is 4.98 Å². The van der Waals surface area contributed by atoms with E-state index in [0.29, 0.717) is 6.54 Å². The van der Waals surface area contributed by atoms with Crippen molar-refractivity contribution in [3.05, 3.63) is 51.7 Å². The van der Waals surface area contributed by atoms with Crippen LogP contribution in [-0.4, -0.2) is 43.0 Å². The van der Waals surface area contributed by atoms with E-state index >= 15 is 0 Å². The van der Waals surface area contributed by atoms with E-state index < -0.39 is 0 Å². The summed E-state index contributed by atoms with van der Waals surface area (Å²) in [4.78, 5) is 22.6. The highest BCUT2D eigenvalue weighted by atomic mass is 35.5. The Morgan fingerprint density at radius 2 is 2.00 bits per heavy atom. The number of aromatic nitrogens is 1. The summed E-state index contributed by atoms with van der Waals surface area (Å²) in [6.45, 7) is 5.55. The van der Waals surface area contributed by atoms with Crippen molar-refractivity contribution in [3.63, 3.8) is 0 Å². The number of nitrogens with zero attached hydrogens (tertiary/aromatic N) is 3. The summed E-state index contributed by atoms with van der Waals surface area (Å²) in [5.41, 5.74) is 3.35. The van der Waals surface area contributed by atoms with E-state index in [9.17, 15) is 4.79 Å². The molecule has 0 bridgehead atoms. The Morgan fingerprint density at radius 1 is 1.22 bits per heavy atom. The third kappa shape index (κ3) is 5.39. The van der Waals surface area contributed by atoms with Gasteiger partial charge in [-0.05, 0) is 62.7 Å². The fourth-order valence-corrected chi connectivity index (χ4v) is 4.50. The van der Waals surface area contributed by atoms with E-state index in [1.165, 1.54) is 5.56 Å². The summed E-state index contributed by atoms with van der Waals surface area (Å²) >= 11 is 3.20. The molecular weight excluding hydrogens is 398 g/mol. The molecule has 0 fully saturated rings. The van der Waals surface area contributed by atoms with Gasteiger partial charge >= 0.3 is 0 Å². The standard InChI is InChI=1S/C20H23N3OS2.ClH/c1-14-12-15(2)19-17(13-14)26-20(21-19)23(10-9-22(3)4)18(24)8-7-16-6-5-11-25-16;/h5-8,11-13H,9-10H2,1-4H3;1H/b8-7+;. The number of aryl methyl sites for hydroxylation is 2. The number of anilines is 1. The predicted molar refractivity (Wildman–Crippen MR) is 121 cm³/mol. The van der Waals surface area contributed by atoms with Crippen LogP contribution in [0.25, 0.3) is 16.3 Å². The number of fused-ring (bicyclic) bond motifs is 1. The van der Waals surface area contributed by atoms with Crippen LogP contribution in [0.5, 0.6) is 0 Å². The van der Waals surface area contributed by atoms with Crippen molar-refractivity contribution < 1.29 is 4.79 Å². The van der Waals surface area contributed by atoms with Crippen molar-refractivity contribution in [2.75, 3.05) is 32.1 Å². The summed E-state index contributed by atoms with van der Waals surface area (Å²) in [7, 11) is 4.02. The van der Waals surface area contributed by atoms with E-state index in [1.807, 2.05) is 37.7 Å². The molecular formula is C20H24ClN3OS2. The second-order valence-electron chi connectivity index (χ2n) is 6.57. The smallest absolute Gasteiger partial charge is 0.252 e. The number of carbonyl (C=O) groups excluding carboxylic acids is 1. The number of thiazole rings is 1. The van der Waals surface area contributed by atoms with E-state index in [-0.39, 0.29) is 18.3 Å². The van der Waals surface area contributed by atoms with Crippen LogP contribution in [-0.2, 0) is 4.79 Å². The molecule has 144 valence electrons. The molecule has 2 heterocycles. The maximum Gasteiger partial charge on any atom is 0.252 e. The van der Waals surface area contributed by atoms with E-state index in [0.717, 1.165) is 32.3 Å². The monoisotopic (exact) mass is 421 g/mol. The van der Waals surface area contributed by atoms with Gasteiger partial charge in [0, 0.05) is 24.0 Å². The van der Waals surface area contributed by atoms with Crippen molar-refractivity contribution in [1.29, 1.82) is 0 Å². The number of rotatable bonds is 6. The molecule has 4 nitrogen and oxygen atoms in total. The molecule has 0 spiro atoms. The zero-order valence-corrected chi connectivity index (χ0v) is 18.4. The molecule has 0 aliphatic heterocycles. The lowest BCUT2D eigenvalue weighted by atomic mass is 10.1. The van der Waals surface area contributed by atoms with Gasteiger partial charge in [-0.2, -0.15) is 0 Å². The minimum absolute atomic E-state index is 0. The SMILES string of the molecule is Cc1cc(C)c2nc(N(CCN(C)C)C(=O)/C=C/c3cccs3)sc2c1.Cl. The summed E-state index contributed by atoms with van der Waals surface area (Å²) < 4.78 is 1.13. The van der Waals surface area contributed by atoms with E-state index in [2.05, 4.69) is 30.9 Å². The molecule has 1 amide bonds. The minimum Gasteiger partial charge on any atom is -0.308 e. The number of thiophene rings is 1. The summed E-state index contributed by atoms with van der Waals surface area (Å²) in [6.07, 6.45) is 3.52. The Morgan fingerprint density at radius 3 is 2.67 bits per heavy atom. The van der Waals surface area contributed by atoms with Crippen LogP contribution in [0.15, 0.2) is 35.7 Å². The van der Waals surface area contributed by atoms with Crippen molar-refractivity contribution in [1.82, 2.24) is 9.88 Å². The second kappa shape index (κ2) is 9.46. The van der Waals surface area contributed by atoms with Crippen LogP contribution in [0.3, 0.4) is 0 Å². The third-order valence-corrected chi connectivity index (χ3v) is 5.88. The van der Waals surface area contributed by atoms with Crippen molar-refractivity contribution in [3.8, 4) is 0 Å². The molecule has 0 aliphatic rings. The molecule has 3 rings (SSSR count). The maximum atomic E-state index is 12.9. The predicted octanol–water partition coefficient (Wildman–Crippen LogP) is 5.00. The fraction of sp³-hybridized carbons (Fsp3) is 0.300. The van der Waals surface area contributed by atoms with Crippen LogP contribution in [0, 0.1) is 13.8 Å². The summed E-state index contributed by atoms with van der Waals surface area (Å²) in [5, 5.41) is 2.77. The fourth-order valence-electron chi connectivity index (χ4n) is 2.70. The van der Waals surface area contributed by atoms with Gasteiger partial charge in [0.2, 0.25) is 0 Å². The van der Waals surface area contributed by atoms with Crippen LogP contribution in [0.2, 0.25) is 0 Å². The van der Waals surface area contributed by atoms with Crippen LogP contribution >= 0.6 is 35.1 Å². The van der Waals surface area contributed by atoms with Gasteiger partial charge in [0.05, 0.1) is 10.2 Å². The first-order valence-corrected chi connectivity index (χ1v) is 10.2. The van der Waals surface area contributed by atoms with Crippen molar-refractivity contribution in [2.45, 2.75) is 13.8 Å². The zero-order chi connectivity index (χ0) is 18.7. The number of carbonyl (C=O) groups is 1. The average Bonchev–Trinajstić information content (AvgIpc) is 3.22. The molecule has 2 aromatic heterocycles. The molecule has 0 atom stereocenters. The lowest BCUT2D eigenvalue weighted by Gasteiger charge is -2.20. The highest BCUT2D eigenvalue weighted by Gasteiger charge is 2.19. The molecule has 0 saturated carbocycles. The number of hydrogen-bond acceptors (Lipinski definition) is 5. The van der Waals surface area contributed by atoms with Gasteiger partial charge in [0.25, 0.3) is 5.91 Å². The topological polar surface area (TPSA) is 36.4 Å². The normalized spacial score (nSPS) is 11.3. The van der Waals surface area contributed by atoms with Crippen LogP contribution < -0.4 is 4.90 Å².